The Morgan fingerprint density at radius 3 is 2.83 bits per heavy atom. The number of aryl methyl sites for hydroxylation is 1. The zero-order chi connectivity index (χ0) is 13.1. The van der Waals surface area contributed by atoms with Crippen molar-refractivity contribution in [1.82, 2.24) is 10.3 Å². The zero-order valence-electron chi connectivity index (χ0n) is 9.54. The monoisotopic (exact) mass is 284 g/mol. The van der Waals surface area contributed by atoms with E-state index in [1.807, 2.05) is 0 Å². The molecule has 1 aromatic heterocycles. The Hall–Kier alpha value is -1.52. The van der Waals surface area contributed by atoms with Crippen molar-refractivity contribution in [2.75, 3.05) is 0 Å². The summed E-state index contributed by atoms with van der Waals surface area (Å²) in [5.74, 6) is 0.141. The summed E-state index contributed by atoms with van der Waals surface area (Å²) in [5.41, 5.74) is 1.03. The molecule has 0 unspecified atom stereocenters. The van der Waals surface area contributed by atoms with Gasteiger partial charge < -0.3 is 9.73 Å². The lowest BCUT2D eigenvalue weighted by Gasteiger charge is -2.05. The summed E-state index contributed by atoms with van der Waals surface area (Å²) in [6, 6.07) is 5.11. The van der Waals surface area contributed by atoms with E-state index in [1.165, 1.54) is 6.26 Å². The fourth-order valence-corrected chi connectivity index (χ4v) is 1.87. The fourth-order valence-electron chi connectivity index (χ4n) is 1.40. The molecule has 4 nitrogen and oxygen atoms in total. The lowest BCUT2D eigenvalue weighted by atomic mass is 10.2. The van der Waals surface area contributed by atoms with Crippen molar-refractivity contribution < 1.29 is 9.21 Å². The molecule has 94 valence electrons. The molecule has 1 aromatic carbocycles. The van der Waals surface area contributed by atoms with Gasteiger partial charge >= 0.3 is 0 Å². The third-order valence-corrected chi connectivity index (χ3v) is 2.89. The number of nitrogens with zero attached hydrogens (tertiary/aromatic N) is 1. The standard InChI is InChI=1S/C12H10Cl2N2O2/c1-7-16-11(6-18-7)12(17)15-5-8-2-3-9(13)4-10(8)14/h2-4,6H,5H2,1H3,(H,15,17). The molecule has 0 spiro atoms. The molecule has 0 bridgehead atoms. The van der Waals surface area contributed by atoms with E-state index in [0.29, 0.717) is 22.5 Å². The average molecular weight is 285 g/mol. The van der Waals surface area contributed by atoms with Crippen LogP contribution in [0, 0.1) is 6.92 Å². The van der Waals surface area contributed by atoms with Crippen molar-refractivity contribution in [3.8, 4) is 0 Å². The summed E-state index contributed by atoms with van der Waals surface area (Å²) in [5, 5.41) is 3.77. The zero-order valence-corrected chi connectivity index (χ0v) is 11.0. The molecule has 0 aliphatic rings. The maximum atomic E-state index is 11.7. The summed E-state index contributed by atoms with van der Waals surface area (Å²) in [7, 11) is 0. The number of carbonyl (C=O) groups excluding carboxylic acids is 1. The lowest BCUT2D eigenvalue weighted by Crippen LogP contribution is -2.23. The second-order valence-corrected chi connectivity index (χ2v) is 4.51. The van der Waals surface area contributed by atoms with Crippen LogP contribution in [0.4, 0.5) is 0 Å². The molecule has 0 radical (unpaired) electrons. The Balaban J connectivity index is 2.01. The van der Waals surface area contributed by atoms with E-state index in [4.69, 9.17) is 27.6 Å². The lowest BCUT2D eigenvalue weighted by molar-refractivity contribution is 0.0946. The van der Waals surface area contributed by atoms with E-state index in [9.17, 15) is 4.79 Å². The molecular formula is C12H10Cl2N2O2. The molecule has 6 heteroatoms. The predicted octanol–water partition coefficient (Wildman–Crippen LogP) is 3.22. The van der Waals surface area contributed by atoms with Gasteiger partial charge in [0.05, 0.1) is 0 Å². The molecule has 2 rings (SSSR count). The molecular weight excluding hydrogens is 275 g/mol. The van der Waals surface area contributed by atoms with Gasteiger partial charge in [0.1, 0.15) is 6.26 Å². The van der Waals surface area contributed by atoms with Crippen LogP contribution >= 0.6 is 23.2 Å². The van der Waals surface area contributed by atoms with Crippen LogP contribution in [0.5, 0.6) is 0 Å². The topological polar surface area (TPSA) is 55.1 Å². The van der Waals surface area contributed by atoms with E-state index in [1.54, 1.807) is 25.1 Å². The van der Waals surface area contributed by atoms with Crippen molar-refractivity contribution in [3.63, 3.8) is 0 Å². The van der Waals surface area contributed by atoms with E-state index in [2.05, 4.69) is 10.3 Å². The molecule has 2 aromatic rings. The molecule has 1 N–H and O–H groups in total. The van der Waals surface area contributed by atoms with Gasteiger partial charge in [0.2, 0.25) is 0 Å². The molecule has 18 heavy (non-hydrogen) atoms. The van der Waals surface area contributed by atoms with Crippen molar-refractivity contribution in [2.24, 2.45) is 0 Å². The van der Waals surface area contributed by atoms with Crippen LogP contribution in [0.3, 0.4) is 0 Å². The Morgan fingerprint density at radius 1 is 1.44 bits per heavy atom. The number of hydrogen-bond donors (Lipinski definition) is 1. The molecule has 0 aliphatic carbocycles. The van der Waals surface area contributed by atoms with Crippen molar-refractivity contribution in [3.05, 3.63) is 51.7 Å². The number of amides is 1. The van der Waals surface area contributed by atoms with Gasteiger partial charge in [-0.05, 0) is 17.7 Å². The van der Waals surface area contributed by atoms with Crippen LogP contribution in [0.2, 0.25) is 10.0 Å². The van der Waals surface area contributed by atoms with Crippen LogP contribution < -0.4 is 5.32 Å². The van der Waals surface area contributed by atoms with Crippen molar-refractivity contribution in [1.29, 1.82) is 0 Å². The Morgan fingerprint density at radius 2 is 2.22 bits per heavy atom. The highest BCUT2D eigenvalue weighted by molar-refractivity contribution is 6.35. The SMILES string of the molecule is Cc1nc(C(=O)NCc2ccc(Cl)cc2Cl)co1. The van der Waals surface area contributed by atoms with Gasteiger partial charge in [0.25, 0.3) is 5.91 Å². The summed E-state index contributed by atoms with van der Waals surface area (Å²) in [4.78, 5) is 15.6. The molecule has 1 amide bonds. The van der Waals surface area contributed by atoms with Crippen LogP contribution in [-0.2, 0) is 6.54 Å². The Bertz CT molecular complexity index is 581. The average Bonchev–Trinajstić information content (AvgIpc) is 2.74. The maximum Gasteiger partial charge on any atom is 0.273 e. The maximum absolute atomic E-state index is 11.7. The van der Waals surface area contributed by atoms with Gasteiger partial charge in [-0.3, -0.25) is 4.79 Å². The van der Waals surface area contributed by atoms with E-state index in [-0.39, 0.29) is 11.6 Å². The summed E-state index contributed by atoms with van der Waals surface area (Å²) < 4.78 is 4.96. The number of rotatable bonds is 3. The largest absolute Gasteiger partial charge is 0.448 e. The van der Waals surface area contributed by atoms with E-state index in [0.717, 1.165) is 5.56 Å². The van der Waals surface area contributed by atoms with Crippen molar-refractivity contribution in [2.45, 2.75) is 13.5 Å². The molecule has 1 heterocycles. The summed E-state index contributed by atoms with van der Waals surface area (Å²) in [6.07, 6.45) is 1.31. The molecule has 0 atom stereocenters. The number of aromatic nitrogens is 1. The van der Waals surface area contributed by atoms with Crippen LogP contribution in [-0.4, -0.2) is 10.9 Å². The first-order valence-corrected chi connectivity index (χ1v) is 5.96. The highest BCUT2D eigenvalue weighted by Crippen LogP contribution is 2.20. The molecule has 0 fully saturated rings. The first kappa shape index (κ1) is 12.9. The number of nitrogens with one attached hydrogen (secondary N) is 1. The Kier molecular flexibility index (Phi) is 3.89. The third-order valence-electron chi connectivity index (χ3n) is 2.31. The number of hydrogen-bond acceptors (Lipinski definition) is 3. The Labute approximate surface area is 114 Å². The smallest absolute Gasteiger partial charge is 0.273 e. The van der Waals surface area contributed by atoms with E-state index >= 15 is 0 Å². The van der Waals surface area contributed by atoms with Gasteiger partial charge in [-0.1, -0.05) is 29.3 Å². The third kappa shape index (κ3) is 3.03. The van der Waals surface area contributed by atoms with Gasteiger partial charge in [0.15, 0.2) is 11.6 Å². The number of carbonyl (C=O) groups is 1. The second kappa shape index (κ2) is 5.42. The van der Waals surface area contributed by atoms with Crippen LogP contribution in [0.15, 0.2) is 28.9 Å². The number of benzene rings is 1. The van der Waals surface area contributed by atoms with Crippen LogP contribution in [0.25, 0.3) is 0 Å². The first-order valence-electron chi connectivity index (χ1n) is 5.20. The van der Waals surface area contributed by atoms with Crippen molar-refractivity contribution >= 4 is 29.1 Å². The molecule has 0 saturated carbocycles. The first-order chi connectivity index (χ1) is 8.56. The normalized spacial score (nSPS) is 10.4. The van der Waals surface area contributed by atoms with E-state index < -0.39 is 0 Å². The highest BCUT2D eigenvalue weighted by atomic mass is 35.5. The predicted molar refractivity (Wildman–Crippen MR) is 68.9 cm³/mol. The molecule has 0 saturated heterocycles. The van der Waals surface area contributed by atoms with Gasteiger partial charge in [0, 0.05) is 23.5 Å². The number of halogens is 2. The second-order valence-electron chi connectivity index (χ2n) is 3.67. The van der Waals surface area contributed by atoms with Gasteiger partial charge in [-0.15, -0.1) is 0 Å². The molecule has 0 aliphatic heterocycles. The minimum absolute atomic E-state index is 0.248. The number of oxazole rings is 1. The summed E-state index contributed by atoms with van der Waals surface area (Å²) in [6.45, 7) is 1.98. The minimum atomic E-state index is -0.308. The van der Waals surface area contributed by atoms with Crippen LogP contribution in [0.1, 0.15) is 21.9 Å². The highest BCUT2D eigenvalue weighted by Gasteiger charge is 2.10. The quantitative estimate of drug-likeness (QED) is 0.942. The fraction of sp³-hybridized carbons (Fsp3) is 0.167. The summed E-state index contributed by atoms with van der Waals surface area (Å²) >= 11 is 11.8. The minimum Gasteiger partial charge on any atom is -0.448 e. The van der Waals surface area contributed by atoms with Gasteiger partial charge in [-0.2, -0.15) is 0 Å². The van der Waals surface area contributed by atoms with Gasteiger partial charge in [-0.25, -0.2) is 4.98 Å².